The van der Waals surface area contributed by atoms with Crippen LogP contribution in [0.3, 0.4) is 0 Å². The molecule has 1 aliphatic rings. The van der Waals surface area contributed by atoms with E-state index in [-0.39, 0.29) is 24.3 Å². The Bertz CT molecular complexity index is 1320. The Morgan fingerprint density at radius 3 is 2.52 bits per heavy atom. The fraction of sp³-hybridized carbons (Fsp3) is 0.185. The van der Waals surface area contributed by atoms with Crippen molar-refractivity contribution in [3.05, 3.63) is 107 Å². The number of aromatic nitrogens is 1. The first-order valence-electron chi connectivity index (χ1n) is 11.0. The maximum absolute atomic E-state index is 13.6. The van der Waals surface area contributed by atoms with Gasteiger partial charge in [-0.1, -0.05) is 72.3 Å². The Kier molecular flexibility index (Phi) is 5.88. The van der Waals surface area contributed by atoms with E-state index in [9.17, 15) is 9.59 Å². The highest BCUT2D eigenvalue weighted by Gasteiger charge is 2.34. The number of fused-ring (bicyclic) bond motifs is 3. The summed E-state index contributed by atoms with van der Waals surface area (Å²) in [6, 6.07) is 27.0. The molecule has 2 amide bonds. The van der Waals surface area contributed by atoms with Crippen molar-refractivity contribution in [2.45, 2.75) is 32.1 Å². The summed E-state index contributed by atoms with van der Waals surface area (Å²) in [6.07, 6.45) is 0.227. The van der Waals surface area contributed by atoms with Crippen molar-refractivity contribution in [3.8, 4) is 0 Å². The summed E-state index contributed by atoms with van der Waals surface area (Å²) in [7, 11) is 0. The molecule has 0 unspecified atom stereocenters. The minimum absolute atomic E-state index is 0.0473. The number of carbonyl (C=O) groups is 2. The number of benzene rings is 3. The first-order chi connectivity index (χ1) is 16.1. The zero-order valence-electron chi connectivity index (χ0n) is 18.1. The van der Waals surface area contributed by atoms with E-state index in [0.29, 0.717) is 30.4 Å². The zero-order chi connectivity index (χ0) is 22.8. The molecular weight excluding hydrogens is 434 g/mol. The third-order valence-corrected chi connectivity index (χ3v) is 6.36. The molecule has 1 atom stereocenters. The normalized spacial score (nSPS) is 15.5. The lowest BCUT2D eigenvalue weighted by Crippen LogP contribution is -2.49. The van der Waals surface area contributed by atoms with Gasteiger partial charge in [-0.15, -0.1) is 0 Å². The molecule has 0 fully saturated rings. The van der Waals surface area contributed by atoms with Crippen molar-refractivity contribution < 1.29 is 9.59 Å². The zero-order valence-corrected chi connectivity index (χ0v) is 18.8. The van der Waals surface area contributed by atoms with Crippen molar-refractivity contribution in [1.82, 2.24) is 14.8 Å². The molecule has 0 bridgehead atoms. The van der Waals surface area contributed by atoms with E-state index in [1.165, 1.54) is 0 Å². The van der Waals surface area contributed by atoms with Gasteiger partial charge >= 0.3 is 0 Å². The second-order valence-electron chi connectivity index (χ2n) is 8.38. The fourth-order valence-electron chi connectivity index (χ4n) is 4.50. The number of para-hydroxylation sites is 1. The molecule has 5 rings (SSSR count). The Balaban J connectivity index is 1.40. The van der Waals surface area contributed by atoms with E-state index in [0.717, 1.165) is 22.0 Å². The average molecular weight is 458 g/mol. The van der Waals surface area contributed by atoms with Crippen LogP contribution in [0.25, 0.3) is 10.9 Å². The second kappa shape index (κ2) is 9.12. The third-order valence-electron chi connectivity index (χ3n) is 6.12. The smallest absolute Gasteiger partial charge is 0.271 e. The summed E-state index contributed by atoms with van der Waals surface area (Å²) >= 11 is 6.05. The van der Waals surface area contributed by atoms with E-state index in [1.54, 1.807) is 6.07 Å². The summed E-state index contributed by atoms with van der Waals surface area (Å²) < 4.78 is 2.05. The van der Waals surface area contributed by atoms with Gasteiger partial charge in [-0.2, -0.15) is 0 Å². The van der Waals surface area contributed by atoms with Gasteiger partial charge in [0.25, 0.3) is 5.91 Å². The van der Waals surface area contributed by atoms with Crippen LogP contribution in [0.1, 0.15) is 28.0 Å². The molecule has 0 radical (unpaired) electrons. The highest BCUT2D eigenvalue weighted by Crippen LogP contribution is 2.29. The van der Waals surface area contributed by atoms with Crippen LogP contribution in [-0.4, -0.2) is 27.3 Å². The molecule has 1 N–H and O–H groups in total. The molecule has 33 heavy (non-hydrogen) atoms. The maximum Gasteiger partial charge on any atom is 0.271 e. The SMILES string of the molecule is O=C(C[C@H]1Cn2c(cc3ccccc32)C(=O)N1Cc1ccccc1)NCc1cccc(Cl)c1. The van der Waals surface area contributed by atoms with Gasteiger partial charge in [0.15, 0.2) is 0 Å². The number of hydrogen-bond donors (Lipinski definition) is 1. The highest BCUT2D eigenvalue weighted by atomic mass is 35.5. The Hall–Kier alpha value is -3.57. The number of amides is 2. The minimum Gasteiger partial charge on any atom is -0.352 e. The van der Waals surface area contributed by atoms with Crippen molar-refractivity contribution in [1.29, 1.82) is 0 Å². The van der Waals surface area contributed by atoms with Crippen LogP contribution in [0.2, 0.25) is 5.02 Å². The molecule has 2 heterocycles. The quantitative estimate of drug-likeness (QED) is 0.441. The van der Waals surface area contributed by atoms with Gasteiger partial charge in [0.2, 0.25) is 5.91 Å². The van der Waals surface area contributed by atoms with Crippen LogP contribution in [-0.2, 0) is 24.4 Å². The van der Waals surface area contributed by atoms with E-state index >= 15 is 0 Å². The Morgan fingerprint density at radius 2 is 1.70 bits per heavy atom. The maximum atomic E-state index is 13.6. The standard InChI is InChI=1S/C27H24ClN3O2/c28-22-11-6-9-20(13-22)16-29-26(32)15-23-18-31-24-12-5-4-10-21(24)14-25(31)27(33)30(23)17-19-7-2-1-3-8-19/h1-14,23H,15-18H2,(H,29,32)/t23-/m0/s1. The van der Waals surface area contributed by atoms with Gasteiger partial charge < -0.3 is 14.8 Å². The molecule has 6 heteroatoms. The van der Waals surface area contributed by atoms with Crippen LogP contribution in [0.15, 0.2) is 84.9 Å². The Morgan fingerprint density at radius 1 is 0.939 bits per heavy atom. The third kappa shape index (κ3) is 4.50. The number of halogens is 1. The second-order valence-corrected chi connectivity index (χ2v) is 8.82. The molecule has 0 spiro atoms. The molecule has 4 aromatic rings. The summed E-state index contributed by atoms with van der Waals surface area (Å²) in [5.74, 6) is -0.139. The molecule has 1 aromatic heterocycles. The van der Waals surface area contributed by atoms with Gasteiger partial charge in [0.05, 0.1) is 6.04 Å². The molecular formula is C27H24ClN3O2. The van der Waals surface area contributed by atoms with Gasteiger partial charge in [-0.05, 0) is 35.4 Å². The summed E-state index contributed by atoms with van der Waals surface area (Å²) in [4.78, 5) is 28.3. The van der Waals surface area contributed by atoms with Gasteiger partial charge in [-0.3, -0.25) is 9.59 Å². The molecule has 0 saturated heterocycles. The summed E-state index contributed by atoms with van der Waals surface area (Å²) in [5, 5.41) is 4.66. The number of nitrogens with zero attached hydrogens (tertiary/aromatic N) is 2. The monoisotopic (exact) mass is 457 g/mol. The van der Waals surface area contributed by atoms with Crippen molar-refractivity contribution >= 4 is 34.3 Å². The van der Waals surface area contributed by atoms with E-state index < -0.39 is 0 Å². The van der Waals surface area contributed by atoms with Crippen LogP contribution < -0.4 is 5.32 Å². The lowest BCUT2D eigenvalue weighted by molar-refractivity contribution is -0.122. The number of nitrogens with one attached hydrogen (secondary N) is 1. The largest absolute Gasteiger partial charge is 0.352 e. The lowest BCUT2D eigenvalue weighted by atomic mass is 10.1. The average Bonchev–Trinajstić information content (AvgIpc) is 3.20. The summed E-state index contributed by atoms with van der Waals surface area (Å²) in [5.41, 5.74) is 3.67. The van der Waals surface area contributed by atoms with Gasteiger partial charge in [-0.25, -0.2) is 0 Å². The van der Waals surface area contributed by atoms with Crippen LogP contribution in [0.4, 0.5) is 0 Å². The van der Waals surface area contributed by atoms with Crippen molar-refractivity contribution in [2.75, 3.05) is 0 Å². The van der Waals surface area contributed by atoms with E-state index in [1.807, 2.05) is 88.3 Å². The van der Waals surface area contributed by atoms with Gasteiger partial charge in [0.1, 0.15) is 5.69 Å². The number of hydrogen-bond acceptors (Lipinski definition) is 2. The summed E-state index contributed by atoms with van der Waals surface area (Å²) in [6.45, 7) is 1.44. The van der Waals surface area contributed by atoms with E-state index in [4.69, 9.17) is 11.6 Å². The molecule has 3 aromatic carbocycles. The number of rotatable bonds is 6. The highest BCUT2D eigenvalue weighted by molar-refractivity contribution is 6.30. The fourth-order valence-corrected chi connectivity index (χ4v) is 4.71. The first kappa shape index (κ1) is 21.3. The molecule has 0 aliphatic carbocycles. The van der Waals surface area contributed by atoms with Crippen molar-refractivity contribution in [2.24, 2.45) is 0 Å². The lowest BCUT2D eigenvalue weighted by Gasteiger charge is -2.36. The molecule has 166 valence electrons. The van der Waals surface area contributed by atoms with E-state index in [2.05, 4.69) is 5.32 Å². The number of carbonyl (C=O) groups excluding carboxylic acids is 2. The molecule has 5 nitrogen and oxygen atoms in total. The predicted octanol–water partition coefficient (Wildman–Crippen LogP) is 5.03. The molecule has 0 saturated carbocycles. The van der Waals surface area contributed by atoms with Gasteiger partial charge in [0, 0.05) is 42.0 Å². The predicted molar refractivity (Wildman–Crippen MR) is 130 cm³/mol. The van der Waals surface area contributed by atoms with Crippen molar-refractivity contribution in [3.63, 3.8) is 0 Å². The minimum atomic E-state index is -0.250. The van der Waals surface area contributed by atoms with Crippen LogP contribution in [0, 0.1) is 0 Å². The Labute approximate surface area is 197 Å². The topological polar surface area (TPSA) is 54.3 Å². The molecule has 1 aliphatic heterocycles. The van der Waals surface area contributed by atoms with Crippen LogP contribution >= 0.6 is 11.6 Å². The first-order valence-corrected chi connectivity index (χ1v) is 11.4. The van der Waals surface area contributed by atoms with Crippen LogP contribution in [0.5, 0.6) is 0 Å².